The maximum atomic E-state index is 5.56. The summed E-state index contributed by atoms with van der Waals surface area (Å²) in [7, 11) is 0. The molecule has 0 unspecified atom stereocenters. The Morgan fingerprint density at radius 2 is 2.17 bits per heavy atom. The van der Waals surface area contributed by atoms with Crippen molar-refractivity contribution in [3.8, 4) is 0 Å². The summed E-state index contributed by atoms with van der Waals surface area (Å²) < 4.78 is 0. The molecule has 4 heteroatoms. The van der Waals surface area contributed by atoms with E-state index in [0.29, 0.717) is 12.6 Å². The van der Waals surface area contributed by atoms with Crippen LogP contribution in [-0.2, 0) is 12.8 Å². The highest BCUT2D eigenvalue weighted by Gasteiger charge is 2.21. The normalized spacial score (nSPS) is 18.7. The smallest absolute Gasteiger partial charge is 0.0931 e. The van der Waals surface area contributed by atoms with Crippen molar-refractivity contribution in [2.45, 2.75) is 45.6 Å². The minimum atomic E-state index is 0.696. The molecule has 0 bridgehead atoms. The topological polar surface area (TPSA) is 42.2 Å². The van der Waals surface area contributed by atoms with E-state index in [0.717, 1.165) is 12.3 Å². The predicted molar refractivity (Wildman–Crippen MR) is 78.0 cm³/mol. The molecule has 0 spiro atoms. The molecule has 0 atom stereocenters. The van der Waals surface area contributed by atoms with E-state index in [-0.39, 0.29) is 0 Å². The third-order valence-electron chi connectivity index (χ3n) is 3.84. The molecule has 1 aliphatic heterocycles. The lowest BCUT2D eigenvalue weighted by atomic mass is 9.93. The van der Waals surface area contributed by atoms with Crippen LogP contribution in [0.2, 0.25) is 0 Å². The second-order valence-electron chi connectivity index (χ2n) is 5.55. The average Bonchev–Trinajstić information content (AvgIpc) is 2.78. The quantitative estimate of drug-likeness (QED) is 0.890. The summed E-state index contributed by atoms with van der Waals surface area (Å²) in [6.45, 7) is 7.79. The third-order valence-corrected chi connectivity index (χ3v) is 4.76. The molecule has 102 valence electrons. The Hall–Kier alpha value is -0.450. The van der Waals surface area contributed by atoms with Crippen LogP contribution in [0.15, 0.2) is 5.38 Å². The number of hydrogen-bond acceptors (Lipinski definition) is 4. The zero-order valence-corrected chi connectivity index (χ0v) is 12.4. The maximum Gasteiger partial charge on any atom is 0.0931 e. The first-order chi connectivity index (χ1) is 8.69. The highest BCUT2D eigenvalue weighted by atomic mass is 32.1. The van der Waals surface area contributed by atoms with E-state index in [1.165, 1.54) is 43.1 Å². The molecule has 0 saturated carbocycles. The molecule has 0 radical (unpaired) electrons. The molecule has 1 saturated heterocycles. The van der Waals surface area contributed by atoms with Gasteiger partial charge in [-0.25, -0.2) is 4.98 Å². The summed E-state index contributed by atoms with van der Waals surface area (Å²) >= 11 is 1.81. The molecule has 3 nitrogen and oxygen atoms in total. The number of likely N-dealkylation sites (tertiary alicyclic amines) is 1. The van der Waals surface area contributed by atoms with Gasteiger partial charge in [-0.3, -0.25) is 0 Å². The van der Waals surface area contributed by atoms with Crippen LogP contribution < -0.4 is 5.73 Å². The second-order valence-corrected chi connectivity index (χ2v) is 6.49. The number of thiazole rings is 1. The van der Waals surface area contributed by atoms with Crippen LogP contribution in [0.25, 0.3) is 0 Å². The fourth-order valence-corrected chi connectivity index (χ4v) is 3.57. The Bertz CT molecular complexity index is 354. The van der Waals surface area contributed by atoms with Gasteiger partial charge >= 0.3 is 0 Å². The highest BCUT2D eigenvalue weighted by molar-refractivity contribution is 7.09. The lowest BCUT2D eigenvalue weighted by Crippen LogP contribution is -2.38. The monoisotopic (exact) mass is 267 g/mol. The van der Waals surface area contributed by atoms with Gasteiger partial charge in [0, 0.05) is 24.3 Å². The zero-order valence-electron chi connectivity index (χ0n) is 11.6. The molecule has 1 fully saturated rings. The summed E-state index contributed by atoms with van der Waals surface area (Å²) in [6, 6.07) is 0.696. The van der Waals surface area contributed by atoms with E-state index in [1.807, 2.05) is 11.3 Å². The molecule has 18 heavy (non-hydrogen) atoms. The SMILES string of the molecule is CC(C)N1CCC(Cc2nc(CCN)cs2)CC1. The molecule has 1 aliphatic rings. The van der Waals surface area contributed by atoms with Gasteiger partial charge in [0.2, 0.25) is 0 Å². The van der Waals surface area contributed by atoms with Gasteiger partial charge in [0.1, 0.15) is 0 Å². The molecule has 2 N–H and O–H groups in total. The third kappa shape index (κ3) is 3.77. The van der Waals surface area contributed by atoms with Crippen molar-refractivity contribution in [2.75, 3.05) is 19.6 Å². The van der Waals surface area contributed by atoms with Crippen LogP contribution in [0.1, 0.15) is 37.4 Å². The van der Waals surface area contributed by atoms with Crippen molar-refractivity contribution in [3.05, 3.63) is 16.1 Å². The highest BCUT2D eigenvalue weighted by Crippen LogP contribution is 2.24. The van der Waals surface area contributed by atoms with Crippen LogP contribution in [0, 0.1) is 5.92 Å². The molecule has 2 rings (SSSR count). The molecule has 0 aromatic carbocycles. The van der Waals surface area contributed by atoms with Crippen LogP contribution in [0.3, 0.4) is 0 Å². The minimum absolute atomic E-state index is 0.696. The molecule has 2 heterocycles. The van der Waals surface area contributed by atoms with Gasteiger partial charge in [-0.2, -0.15) is 0 Å². The van der Waals surface area contributed by atoms with E-state index in [1.54, 1.807) is 0 Å². The Balaban J connectivity index is 1.80. The number of aromatic nitrogens is 1. The van der Waals surface area contributed by atoms with E-state index in [4.69, 9.17) is 5.73 Å². The van der Waals surface area contributed by atoms with Crippen molar-refractivity contribution in [1.29, 1.82) is 0 Å². The Labute approximate surface area is 114 Å². The van der Waals surface area contributed by atoms with E-state index >= 15 is 0 Å². The van der Waals surface area contributed by atoms with Gasteiger partial charge in [-0.05, 0) is 52.2 Å². The summed E-state index contributed by atoms with van der Waals surface area (Å²) in [4.78, 5) is 7.25. The standard InChI is InChI=1S/C14H25N3S/c1-11(2)17-7-4-12(5-8-17)9-14-16-13(3-6-15)10-18-14/h10-12H,3-9,15H2,1-2H3. The fraction of sp³-hybridized carbons (Fsp3) is 0.786. The van der Waals surface area contributed by atoms with Crippen molar-refractivity contribution >= 4 is 11.3 Å². The van der Waals surface area contributed by atoms with E-state index in [2.05, 4.69) is 29.1 Å². The van der Waals surface area contributed by atoms with Gasteiger partial charge in [0.15, 0.2) is 0 Å². The molecule has 1 aromatic rings. The Morgan fingerprint density at radius 3 is 2.78 bits per heavy atom. The fourth-order valence-electron chi connectivity index (χ4n) is 2.63. The van der Waals surface area contributed by atoms with Gasteiger partial charge in [-0.1, -0.05) is 0 Å². The van der Waals surface area contributed by atoms with E-state index < -0.39 is 0 Å². The lowest BCUT2D eigenvalue weighted by Gasteiger charge is -2.34. The number of rotatable bonds is 5. The Morgan fingerprint density at radius 1 is 1.44 bits per heavy atom. The molecule has 0 aliphatic carbocycles. The number of piperidine rings is 1. The summed E-state index contributed by atoms with van der Waals surface area (Å²) in [5.41, 5.74) is 6.73. The van der Waals surface area contributed by atoms with Crippen LogP contribution in [0.4, 0.5) is 0 Å². The molecular weight excluding hydrogens is 242 g/mol. The molecular formula is C14H25N3S. The number of nitrogens with two attached hydrogens (primary N) is 1. The van der Waals surface area contributed by atoms with Crippen LogP contribution >= 0.6 is 11.3 Å². The summed E-state index contributed by atoms with van der Waals surface area (Å²) in [6.07, 6.45) is 4.73. The van der Waals surface area contributed by atoms with Crippen LogP contribution in [0.5, 0.6) is 0 Å². The second kappa shape index (κ2) is 6.64. The van der Waals surface area contributed by atoms with Crippen LogP contribution in [-0.4, -0.2) is 35.6 Å². The zero-order chi connectivity index (χ0) is 13.0. The predicted octanol–water partition coefficient (Wildman–Crippen LogP) is 2.31. The van der Waals surface area contributed by atoms with Crippen molar-refractivity contribution < 1.29 is 0 Å². The number of hydrogen-bond donors (Lipinski definition) is 1. The Kier molecular flexibility index (Phi) is 5.15. The summed E-state index contributed by atoms with van der Waals surface area (Å²) in [5.74, 6) is 0.830. The minimum Gasteiger partial charge on any atom is -0.330 e. The molecule has 0 amide bonds. The van der Waals surface area contributed by atoms with Crippen molar-refractivity contribution in [1.82, 2.24) is 9.88 Å². The van der Waals surface area contributed by atoms with Gasteiger partial charge in [-0.15, -0.1) is 11.3 Å². The first-order valence-electron chi connectivity index (χ1n) is 7.06. The van der Waals surface area contributed by atoms with Gasteiger partial charge < -0.3 is 10.6 Å². The maximum absolute atomic E-state index is 5.56. The van der Waals surface area contributed by atoms with Gasteiger partial charge in [0.05, 0.1) is 10.7 Å². The van der Waals surface area contributed by atoms with Gasteiger partial charge in [0.25, 0.3) is 0 Å². The summed E-state index contributed by atoms with van der Waals surface area (Å²) in [5, 5.41) is 3.48. The van der Waals surface area contributed by atoms with E-state index in [9.17, 15) is 0 Å². The molecule has 1 aromatic heterocycles. The average molecular weight is 267 g/mol. The lowest BCUT2D eigenvalue weighted by molar-refractivity contribution is 0.149. The largest absolute Gasteiger partial charge is 0.330 e. The number of nitrogens with zero attached hydrogens (tertiary/aromatic N) is 2. The van der Waals surface area contributed by atoms with Crippen molar-refractivity contribution in [3.63, 3.8) is 0 Å². The van der Waals surface area contributed by atoms with Crippen molar-refractivity contribution in [2.24, 2.45) is 11.7 Å². The first kappa shape index (κ1) is 14.0. The first-order valence-corrected chi connectivity index (χ1v) is 7.94.